The molecule has 0 radical (unpaired) electrons. The summed E-state index contributed by atoms with van der Waals surface area (Å²) in [6.07, 6.45) is -5.04. The van der Waals surface area contributed by atoms with Crippen molar-refractivity contribution in [2.45, 2.75) is 75.0 Å². The standard InChI is InChI=1S/2C22H18ClF2N3O3S/c2*1-11-18(17(26)13-4-2-3-5-14(13)23)32-20(27-11)28-19(29)21(8-9-21)12-6-7-15-16(10-12)31-22(24,25)30-15/h2*2-7,10,17H,8-9,26H2,1H3,(H,27,28,29)/t2*17-/m10/s1. The Morgan fingerprint density at radius 2 is 0.969 bits per heavy atom. The topological polar surface area (TPSA) is 173 Å². The predicted octanol–water partition coefficient (Wildman–Crippen LogP) is 10.3. The third-order valence-corrected chi connectivity index (χ3v) is 14.4. The molecule has 0 spiro atoms. The highest BCUT2D eigenvalue weighted by Crippen LogP contribution is 2.54. The molecule has 2 amide bonds. The molecule has 0 bridgehead atoms. The number of anilines is 2. The van der Waals surface area contributed by atoms with Crippen LogP contribution in [0.4, 0.5) is 27.8 Å². The van der Waals surface area contributed by atoms with Crippen LogP contribution >= 0.6 is 45.9 Å². The number of fused-ring (bicyclic) bond motifs is 2. The van der Waals surface area contributed by atoms with Crippen LogP contribution in [-0.2, 0) is 20.4 Å². The predicted molar refractivity (Wildman–Crippen MR) is 233 cm³/mol. The van der Waals surface area contributed by atoms with Crippen LogP contribution in [0, 0.1) is 13.8 Å². The first kappa shape index (κ1) is 43.7. The Kier molecular flexibility index (Phi) is 11.1. The van der Waals surface area contributed by atoms with E-state index in [-0.39, 0.29) is 34.8 Å². The SMILES string of the molecule is Cc1nc(NC(=O)C2(c3ccc4c(c3)OC(F)(F)O4)CC2)sc1[C@@H](N)c1ccccc1Cl.Cc1nc(NC(=O)C2(c3ccc4c(c3)OC(F)(F)O4)CC2)sc1[C@H](N)c1ccccc1Cl. The Morgan fingerprint density at radius 1 is 0.609 bits per heavy atom. The first-order valence-electron chi connectivity index (χ1n) is 19.8. The molecule has 0 unspecified atom stereocenters. The van der Waals surface area contributed by atoms with E-state index in [4.69, 9.17) is 34.7 Å². The number of thiazole rings is 2. The number of carbonyl (C=O) groups is 2. The molecule has 0 saturated heterocycles. The van der Waals surface area contributed by atoms with Gasteiger partial charge in [-0.05, 0) is 98.2 Å². The van der Waals surface area contributed by atoms with Gasteiger partial charge in [0.15, 0.2) is 33.3 Å². The van der Waals surface area contributed by atoms with E-state index in [9.17, 15) is 27.2 Å². The maximum absolute atomic E-state index is 13.3. The Bertz CT molecular complexity index is 2650. The van der Waals surface area contributed by atoms with Gasteiger partial charge in [-0.15, -0.1) is 17.6 Å². The minimum atomic E-state index is -3.70. The van der Waals surface area contributed by atoms with Crippen molar-refractivity contribution in [2.75, 3.05) is 10.6 Å². The van der Waals surface area contributed by atoms with Gasteiger partial charge in [-0.1, -0.05) is 94.4 Å². The van der Waals surface area contributed by atoms with Gasteiger partial charge >= 0.3 is 12.6 Å². The fraction of sp³-hybridized carbons (Fsp3) is 0.273. The van der Waals surface area contributed by atoms with Crippen LogP contribution < -0.4 is 41.0 Å². The van der Waals surface area contributed by atoms with Crippen molar-refractivity contribution in [3.8, 4) is 23.0 Å². The highest BCUT2D eigenvalue weighted by Gasteiger charge is 2.54. The molecule has 4 aromatic carbocycles. The van der Waals surface area contributed by atoms with Gasteiger partial charge in [0.05, 0.1) is 44.1 Å². The second kappa shape index (κ2) is 16.2. The normalized spacial score (nSPS) is 18.3. The zero-order valence-electron chi connectivity index (χ0n) is 33.6. The fourth-order valence-corrected chi connectivity index (χ4v) is 10.2. The number of halogens is 6. The van der Waals surface area contributed by atoms with Crippen LogP contribution in [-0.4, -0.2) is 34.4 Å². The van der Waals surface area contributed by atoms with Crippen molar-refractivity contribution in [2.24, 2.45) is 11.5 Å². The molecule has 6 N–H and O–H groups in total. The van der Waals surface area contributed by atoms with Gasteiger partial charge in [-0.25, -0.2) is 9.97 Å². The van der Waals surface area contributed by atoms with Crippen LogP contribution in [0.3, 0.4) is 0 Å². The number of benzene rings is 4. The summed E-state index contributed by atoms with van der Waals surface area (Å²) in [6.45, 7) is 3.65. The number of hydrogen-bond acceptors (Lipinski definition) is 12. The highest BCUT2D eigenvalue weighted by molar-refractivity contribution is 7.16. The van der Waals surface area contributed by atoms with E-state index >= 15 is 0 Å². The molecule has 2 aromatic heterocycles. The van der Waals surface area contributed by atoms with Crippen LogP contribution in [0.5, 0.6) is 23.0 Å². The maximum Gasteiger partial charge on any atom is 0.586 e. The van der Waals surface area contributed by atoms with E-state index in [0.29, 0.717) is 68.5 Å². The van der Waals surface area contributed by atoms with Gasteiger partial charge in [0.1, 0.15) is 0 Å². The number of hydrogen-bond donors (Lipinski definition) is 4. The summed E-state index contributed by atoms with van der Waals surface area (Å²) in [7, 11) is 0. The van der Waals surface area contributed by atoms with Gasteiger partial charge in [-0.2, -0.15) is 0 Å². The lowest BCUT2D eigenvalue weighted by Gasteiger charge is -2.15. The summed E-state index contributed by atoms with van der Waals surface area (Å²) >= 11 is 15.1. The van der Waals surface area contributed by atoms with E-state index in [0.717, 1.165) is 20.9 Å². The number of ether oxygens (including phenoxy) is 4. The first-order valence-corrected chi connectivity index (χ1v) is 22.1. The van der Waals surface area contributed by atoms with Crippen LogP contribution in [0.15, 0.2) is 84.9 Å². The molecule has 2 saturated carbocycles. The van der Waals surface area contributed by atoms with Crippen molar-refractivity contribution < 1.29 is 46.1 Å². The molecular formula is C44H36Cl2F4N6O6S2. The van der Waals surface area contributed by atoms with Gasteiger partial charge < -0.3 is 41.0 Å². The van der Waals surface area contributed by atoms with Gasteiger partial charge in [-0.3, -0.25) is 9.59 Å². The molecule has 4 heterocycles. The average molecular weight is 956 g/mol. The minimum absolute atomic E-state index is 0.0521. The molecular weight excluding hydrogens is 920 g/mol. The summed E-state index contributed by atoms with van der Waals surface area (Å²) in [5.74, 6) is -0.772. The third kappa shape index (κ3) is 8.33. The lowest BCUT2D eigenvalue weighted by atomic mass is 9.94. The molecule has 4 aliphatic rings. The number of nitrogens with one attached hydrogen (secondary N) is 2. The monoisotopic (exact) mass is 954 g/mol. The van der Waals surface area contributed by atoms with Crippen molar-refractivity contribution in [3.05, 3.63) is 138 Å². The summed E-state index contributed by atoms with van der Waals surface area (Å²) in [5, 5.41) is 7.70. The second-order valence-corrected chi connectivity index (χ2v) is 18.5. The summed E-state index contributed by atoms with van der Waals surface area (Å²) in [6, 6.07) is 22.6. The van der Waals surface area contributed by atoms with E-state index in [2.05, 4.69) is 39.5 Å². The fourth-order valence-electron chi connectivity index (χ4n) is 7.71. The van der Waals surface area contributed by atoms with E-state index in [1.165, 1.54) is 46.9 Å². The minimum Gasteiger partial charge on any atom is -0.395 e. The summed E-state index contributed by atoms with van der Waals surface area (Å²) in [4.78, 5) is 36.8. The molecule has 2 aliphatic heterocycles. The summed E-state index contributed by atoms with van der Waals surface area (Å²) < 4.78 is 71.3. The Labute approximate surface area is 380 Å². The van der Waals surface area contributed by atoms with E-state index in [1.54, 1.807) is 24.3 Å². The van der Waals surface area contributed by atoms with Gasteiger partial charge in [0, 0.05) is 10.0 Å². The number of nitrogens with zero attached hydrogens (tertiary/aromatic N) is 2. The molecule has 2 aliphatic carbocycles. The number of amides is 2. The van der Waals surface area contributed by atoms with Gasteiger partial charge in [0.2, 0.25) is 11.8 Å². The number of aryl methyl sites for hydroxylation is 2. The lowest BCUT2D eigenvalue weighted by Crippen LogP contribution is -2.27. The third-order valence-electron chi connectivity index (χ3n) is 11.4. The molecule has 2 atom stereocenters. The van der Waals surface area contributed by atoms with Crippen LogP contribution in [0.25, 0.3) is 0 Å². The number of rotatable bonds is 10. The largest absolute Gasteiger partial charge is 0.586 e. The zero-order chi connectivity index (χ0) is 45.3. The van der Waals surface area contributed by atoms with Crippen molar-refractivity contribution in [3.63, 3.8) is 0 Å². The van der Waals surface area contributed by atoms with Gasteiger partial charge in [0.25, 0.3) is 0 Å². The smallest absolute Gasteiger partial charge is 0.395 e. The molecule has 64 heavy (non-hydrogen) atoms. The molecule has 332 valence electrons. The Hall–Kier alpha value is -5.50. The quantitative estimate of drug-likeness (QED) is 0.0968. The number of aromatic nitrogens is 2. The highest BCUT2D eigenvalue weighted by atomic mass is 35.5. The average Bonchev–Trinajstić information content (AvgIpc) is 4.10. The Balaban J connectivity index is 0.000000162. The first-order chi connectivity index (χ1) is 30.4. The lowest BCUT2D eigenvalue weighted by molar-refractivity contribution is -0.287. The van der Waals surface area contributed by atoms with E-state index < -0.39 is 35.5 Å². The van der Waals surface area contributed by atoms with Crippen molar-refractivity contribution in [1.29, 1.82) is 0 Å². The summed E-state index contributed by atoms with van der Waals surface area (Å²) in [5.41, 5.74) is 15.3. The maximum atomic E-state index is 13.3. The van der Waals surface area contributed by atoms with Crippen LogP contribution in [0.1, 0.15) is 81.2 Å². The second-order valence-electron chi connectivity index (χ2n) is 15.7. The zero-order valence-corrected chi connectivity index (χ0v) is 36.8. The number of carbonyl (C=O) groups excluding carboxylic acids is 2. The number of nitrogens with two attached hydrogens (primary N) is 2. The van der Waals surface area contributed by atoms with Crippen LogP contribution in [0.2, 0.25) is 10.0 Å². The van der Waals surface area contributed by atoms with E-state index in [1.807, 2.05) is 50.2 Å². The molecule has 2 fully saturated rings. The Morgan fingerprint density at radius 3 is 1.33 bits per heavy atom. The molecule has 6 aromatic rings. The molecule has 12 nitrogen and oxygen atoms in total. The number of alkyl halides is 4. The molecule has 20 heteroatoms. The van der Waals surface area contributed by atoms with Crippen molar-refractivity contribution in [1.82, 2.24) is 9.97 Å². The molecule has 10 rings (SSSR count). The van der Waals surface area contributed by atoms with Crippen molar-refractivity contribution >= 4 is 68.0 Å².